The van der Waals surface area contributed by atoms with Gasteiger partial charge in [-0.2, -0.15) is 0 Å². The van der Waals surface area contributed by atoms with E-state index >= 15 is 0 Å². The van der Waals surface area contributed by atoms with Crippen molar-refractivity contribution < 1.29 is 4.74 Å². The summed E-state index contributed by atoms with van der Waals surface area (Å²) in [6.45, 7) is 4.15. The van der Waals surface area contributed by atoms with Crippen molar-refractivity contribution in [3.05, 3.63) is 53.6 Å². The first-order chi connectivity index (χ1) is 8.20. The van der Waals surface area contributed by atoms with Crippen molar-refractivity contribution in [3.63, 3.8) is 0 Å². The van der Waals surface area contributed by atoms with E-state index in [0.717, 1.165) is 17.1 Å². The quantitative estimate of drug-likeness (QED) is 0.853. The van der Waals surface area contributed by atoms with Crippen LogP contribution in [0, 0.1) is 13.8 Å². The van der Waals surface area contributed by atoms with Crippen LogP contribution in [-0.4, -0.2) is 7.11 Å². The van der Waals surface area contributed by atoms with Gasteiger partial charge in [0.25, 0.3) is 0 Å². The number of nitrogens with one attached hydrogen (secondary N) is 1. The summed E-state index contributed by atoms with van der Waals surface area (Å²) in [5, 5.41) is 3.39. The zero-order valence-corrected chi connectivity index (χ0v) is 10.4. The van der Waals surface area contributed by atoms with Crippen LogP contribution in [-0.2, 0) is 0 Å². The standard InChI is InChI=1S/C15H17NO/c1-11-7-9-13(10-8-11)16-15-12(2)5-4-6-14(15)17-3/h4-10,16H,1-3H3. The molecule has 0 fully saturated rings. The van der Waals surface area contributed by atoms with Gasteiger partial charge >= 0.3 is 0 Å². The number of aryl methyl sites for hydroxylation is 2. The molecule has 88 valence electrons. The SMILES string of the molecule is COc1cccc(C)c1Nc1ccc(C)cc1. The first kappa shape index (κ1) is 11.5. The number of hydrogen-bond donors (Lipinski definition) is 1. The Bertz CT molecular complexity index is 503. The molecule has 0 aliphatic carbocycles. The average Bonchev–Trinajstić information content (AvgIpc) is 2.34. The molecule has 0 unspecified atom stereocenters. The summed E-state index contributed by atoms with van der Waals surface area (Å²) in [6, 6.07) is 14.3. The maximum absolute atomic E-state index is 5.36. The van der Waals surface area contributed by atoms with Gasteiger partial charge in [0.1, 0.15) is 5.75 Å². The highest BCUT2D eigenvalue weighted by molar-refractivity contribution is 5.69. The van der Waals surface area contributed by atoms with Crippen molar-refractivity contribution in [3.8, 4) is 5.75 Å². The van der Waals surface area contributed by atoms with E-state index in [9.17, 15) is 0 Å². The molecule has 0 aliphatic heterocycles. The van der Waals surface area contributed by atoms with Gasteiger partial charge in [-0.05, 0) is 37.6 Å². The van der Waals surface area contributed by atoms with E-state index in [4.69, 9.17) is 4.74 Å². The molecule has 1 N–H and O–H groups in total. The van der Waals surface area contributed by atoms with Gasteiger partial charge in [0, 0.05) is 5.69 Å². The Labute approximate surface area is 102 Å². The first-order valence-corrected chi connectivity index (χ1v) is 5.68. The normalized spacial score (nSPS) is 10.1. The molecule has 0 aliphatic rings. The second-order valence-electron chi connectivity index (χ2n) is 4.14. The Kier molecular flexibility index (Phi) is 3.33. The summed E-state index contributed by atoms with van der Waals surface area (Å²) in [4.78, 5) is 0. The molecule has 2 rings (SSSR count). The van der Waals surface area contributed by atoms with E-state index < -0.39 is 0 Å². The van der Waals surface area contributed by atoms with Gasteiger partial charge in [-0.15, -0.1) is 0 Å². The van der Waals surface area contributed by atoms with Crippen molar-refractivity contribution in [2.24, 2.45) is 0 Å². The van der Waals surface area contributed by atoms with Crippen molar-refractivity contribution in [2.75, 3.05) is 12.4 Å². The second-order valence-corrected chi connectivity index (χ2v) is 4.14. The molecule has 0 aromatic heterocycles. The molecule has 2 aromatic rings. The molecule has 0 heterocycles. The second kappa shape index (κ2) is 4.91. The zero-order chi connectivity index (χ0) is 12.3. The molecule has 0 amide bonds. The predicted octanol–water partition coefficient (Wildman–Crippen LogP) is 4.06. The fraction of sp³-hybridized carbons (Fsp3) is 0.200. The molecule has 0 saturated heterocycles. The van der Waals surface area contributed by atoms with Crippen LogP contribution >= 0.6 is 0 Å². The van der Waals surface area contributed by atoms with Gasteiger partial charge in [0.2, 0.25) is 0 Å². The van der Waals surface area contributed by atoms with Crippen LogP contribution in [0.1, 0.15) is 11.1 Å². The summed E-state index contributed by atoms with van der Waals surface area (Å²) < 4.78 is 5.36. The van der Waals surface area contributed by atoms with Crippen molar-refractivity contribution in [1.29, 1.82) is 0 Å². The van der Waals surface area contributed by atoms with Gasteiger partial charge < -0.3 is 10.1 Å². The largest absolute Gasteiger partial charge is 0.495 e. The van der Waals surface area contributed by atoms with Gasteiger partial charge in [0.05, 0.1) is 12.8 Å². The number of benzene rings is 2. The van der Waals surface area contributed by atoms with E-state index in [1.807, 2.05) is 12.1 Å². The third kappa shape index (κ3) is 2.59. The lowest BCUT2D eigenvalue weighted by Crippen LogP contribution is -1.96. The topological polar surface area (TPSA) is 21.3 Å². The van der Waals surface area contributed by atoms with Gasteiger partial charge in [-0.3, -0.25) is 0 Å². The predicted molar refractivity (Wildman–Crippen MR) is 72.2 cm³/mol. The smallest absolute Gasteiger partial charge is 0.142 e. The number of anilines is 2. The summed E-state index contributed by atoms with van der Waals surface area (Å²) >= 11 is 0. The number of para-hydroxylation sites is 1. The molecule has 0 atom stereocenters. The van der Waals surface area contributed by atoms with Crippen LogP contribution in [0.2, 0.25) is 0 Å². The Morgan fingerprint density at radius 3 is 2.29 bits per heavy atom. The Hall–Kier alpha value is -1.96. The van der Waals surface area contributed by atoms with E-state index in [2.05, 4.69) is 49.5 Å². The third-order valence-corrected chi connectivity index (χ3v) is 2.78. The highest BCUT2D eigenvalue weighted by Gasteiger charge is 2.05. The summed E-state index contributed by atoms with van der Waals surface area (Å²) in [6.07, 6.45) is 0. The summed E-state index contributed by atoms with van der Waals surface area (Å²) in [7, 11) is 1.69. The molecular formula is C15H17NO. The molecular weight excluding hydrogens is 210 g/mol. The fourth-order valence-electron chi connectivity index (χ4n) is 1.75. The average molecular weight is 227 g/mol. The third-order valence-electron chi connectivity index (χ3n) is 2.78. The van der Waals surface area contributed by atoms with Gasteiger partial charge in [-0.25, -0.2) is 0 Å². The van der Waals surface area contributed by atoms with Crippen LogP contribution in [0.25, 0.3) is 0 Å². The zero-order valence-electron chi connectivity index (χ0n) is 10.4. The molecule has 2 nitrogen and oxygen atoms in total. The van der Waals surface area contributed by atoms with E-state index in [1.165, 1.54) is 11.1 Å². The van der Waals surface area contributed by atoms with Crippen LogP contribution in [0.15, 0.2) is 42.5 Å². The lowest BCUT2D eigenvalue weighted by molar-refractivity contribution is 0.416. The molecule has 0 spiro atoms. The Balaban J connectivity index is 2.32. The van der Waals surface area contributed by atoms with Crippen molar-refractivity contribution >= 4 is 11.4 Å². The maximum Gasteiger partial charge on any atom is 0.142 e. The van der Waals surface area contributed by atoms with Crippen molar-refractivity contribution in [1.82, 2.24) is 0 Å². The highest BCUT2D eigenvalue weighted by Crippen LogP contribution is 2.30. The maximum atomic E-state index is 5.36. The van der Waals surface area contributed by atoms with Crippen LogP contribution in [0.5, 0.6) is 5.75 Å². The summed E-state index contributed by atoms with van der Waals surface area (Å²) in [5.74, 6) is 0.866. The lowest BCUT2D eigenvalue weighted by atomic mass is 10.1. The minimum absolute atomic E-state index is 0.866. The van der Waals surface area contributed by atoms with Crippen molar-refractivity contribution in [2.45, 2.75) is 13.8 Å². The van der Waals surface area contributed by atoms with E-state index in [-0.39, 0.29) is 0 Å². The molecule has 2 aromatic carbocycles. The van der Waals surface area contributed by atoms with Crippen LogP contribution in [0.4, 0.5) is 11.4 Å². The summed E-state index contributed by atoms with van der Waals surface area (Å²) in [5.41, 5.74) is 4.53. The Morgan fingerprint density at radius 2 is 1.65 bits per heavy atom. The number of hydrogen-bond acceptors (Lipinski definition) is 2. The monoisotopic (exact) mass is 227 g/mol. The number of rotatable bonds is 3. The molecule has 0 radical (unpaired) electrons. The molecule has 17 heavy (non-hydrogen) atoms. The highest BCUT2D eigenvalue weighted by atomic mass is 16.5. The fourth-order valence-corrected chi connectivity index (χ4v) is 1.75. The van der Waals surface area contributed by atoms with Crippen LogP contribution in [0.3, 0.4) is 0 Å². The molecule has 2 heteroatoms. The minimum atomic E-state index is 0.866. The number of ether oxygens (including phenoxy) is 1. The molecule has 0 saturated carbocycles. The Morgan fingerprint density at radius 1 is 0.941 bits per heavy atom. The first-order valence-electron chi connectivity index (χ1n) is 5.68. The lowest BCUT2D eigenvalue weighted by Gasteiger charge is -2.13. The van der Waals surface area contributed by atoms with E-state index in [1.54, 1.807) is 7.11 Å². The number of methoxy groups -OCH3 is 1. The van der Waals surface area contributed by atoms with Crippen LogP contribution < -0.4 is 10.1 Å². The van der Waals surface area contributed by atoms with Gasteiger partial charge in [0.15, 0.2) is 0 Å². The minimum Gasteiger partial charge on any atom is -0.495 e. The van der Waals surface area contributed by atoms with E-state index in [0.29, 0.717) is 0 Å². The van der Waals surface area contributed by atoms with Gasteiger partial charge in [-0.1, -0.05) is 29.8 Å². The molecule has 0 bridgehead atoms.